The first-order chi connectivity index (χ1) is 13.6. The van der Waals surface area contributed by atoms with Crippen LogP contribution in [0.3, 0.4) is 0 Å². The highest BCUT2D eigenvalue weighted by molar-refractivity contribution is 5.77. The maximum Gasteiger partial charge on any atom is 0.222 e. The van der Waals surface area contributed by atoms with Gasteiger partial charge in [-0.2, -0.15) is 0 Å². The first-order valence-electron chi connectivity index (χ1n) is 10.3. The van der Waals surface area contributed by atoms with Crippen LogP contribution in [-0.2, 0) is 17.8 Å². The average Bonchev–Trinajstić information content (AvgIpc) is 2.73. The van der Waals surface area contributed by atoms with Crippen molar-refractivity contribution in [3.8, 4) is 5.75 Å². The van der Waals surface area contributed by atoms with Crippen molar-refractivity contribution in [3.63, 3.8) is 0 Å². The Balaban J connectivity index is 1.31. The molecule has 3 heterocycles. The summed E-state index contributed by atoms with van der Waals surface area (Å²) in [5, 5.41) is 9.44. The molecule has 1 aromatic heterocycles. The molecular formula is C23H29N3O2. The van der Waals surface area contributed by atoms with Crippen LogP contribution in [0.5, 0.6) is 5.75 Å². The number of phenolic OH excluding ortho intramolecular Hbond substituents is 1. The van der Waals surface area contributed by atoms with Crippen molar-refractivity contribution in [1.29, 1.82) is 0 Å². The number of rotatable bonds is 5. The standard InChI is InChI=1S/C23H29N3O2/c27-21-6-4-19(5-7-21)17-25-15-11-23(12-16-25)10-8-22(28)26(18-23)14-9-20-3-1-2-13-24-20/h1-7,13,27H,8-12,14-18H2. The number of likely N-dealkylation sites (tertiary alicyclic amines) is 2. The molecule has 2 fully saturated rings. The number of aromatic nitrogens is 1. The highest BCUT2D eigenvalue weighted by Gasteiger charge is 2.40. The molecule has 0 atom stereocenters. The van der Waals surface area contributed by atoms with Crippen LogP contribution in [-0.4, -0.2) is 52.0 Å². The number of hydrogen-bond acceptors (Lipinski definition) is 4. The van der Waals surface area contributed by atoms with Crippen LogP contribution in [0.2, 0.25) is 0 Å². The van der Waals surface area contributed by atoms with Crippen molar-refractivity contribution in [2.24, 2.45) is 5.41 Å². The summed E-state index contributed by atoms with van der Waals surface area (Å²) < 4.78 is 0. The number of hydrogen-bond donors (Lipinski definition) is 1. The number of pyridine rings is 1. The molecule has 4 rings (SSSR count). The van der Waals surface area contributed by atoms with E-state index in [0.717, 1.165) is 64.1 Å². The predicted octanol–water partition coefficient (Wildman–Crippen LogP) is 3.23. The second kappa shape index (κ2) is 8.31. The van der Waals surface area contributed by atoms with Gasteiger partial charge in [0, 0.05) is 44.4 Å². The van der Waals surface area contributed by atoms with Crippen molar-refractivity contribution in [2.75, 3.05) is 26.2 Å². The zero-order chi connectivity index (χ0) is 19.4. The average molecular weight is 380 g/mol. The Morgan fingerprint density at radius 1 is 1.04 bits per heavy atom. The quantitative estimate of drug-likeness (QED) is 0.867. The van der Waals surface area contributed by atoms with E-state index in [9.17, 15) is 9.90 Å². The minimum absolute atomic E-state index is 0.281. The molecule has 28 heavy (non-hydrogen) atoms. The van der Waals surface area contributed by atoms with Gasteiger partial charge in [-0.1, -0.05) is 18.2 Å². The predicted molar refractivity (Wildman–Crippen MR) is 109 cm³/mol. The number of nitrogens with zero attached hydrogens (tertiary/aromatic N) is 3. The van der Waals surface area contributed by atoms with Crippen molar-refractivity contribution in [1.82, 2.24) is 14.8 Å². The largest absolute Gasteiger partial charge is 0.508 e. The summed E-state index contributed by atoms with van der Waals surface area (Å²) in [5.41, 5.74) is 2.58. The molecule has 5 heteroatoms. The van der Waals surface area contributed by atoms with Crippen LogP contribution < -0.4 is 0 Å². The molecule has 0 unspecified atom stereocenters. The minimum atomic E-state index is 0.281. The summed E-state index contributed by atoms with van der Waals surface area (Å²) >= 11 is 0. The van der Waals surface area contributed by atoms with Gasteiger partial charge < -0.3 is 10.0 Å². The smallest absolute Gasteiger partial charge is 0.222 e. The summed E-state index contributed by atoms with van der Waals surface area (Å²) in [6.07, 6.45) is 6.66. The number of piperidine rings is 2. The van der Waals surface area contributed by atoms with Gasteiger partial charge >= 0.3 is 0 Å². The van der Waals surface area contributed by atoms with E-state index in [-0.39, 0.29) is 5.41 Å². The zero-order valence-electron chi connectivity index (χ0n) is 16.4. The molecule has 1 N–H and O–H groups in total. The van der Waals surface area contributed by atoms with Gasteiger partial charge in [0.05, 0.1) is 0 Å². The Morgan fingerprint density at radius 2 is 1.82 bits per heavy atom. The summed E-state index contributed by atoms with van der Waals surface area (Å²) in [6, 6.07) is 13.5. The first kappa shape index (κ1) is 18.9. The van der Waals surface area contributed by atoms with E-state index in [1.165, 1.54) is 5.56 Å². The Morgan fingerprint density at radius 3 is 2.54 bits per heavy atom. The molecule has 148 valence electrons. The second-order valence-corrected chi connectivity index (χ2v) is 8.33. The number of phenols is 1. The van der Waals surface area contributed by atoms with Gasteiger partial charge in [-0.3, -0.25) is 14.7 Å². The molecule has 0 radical (unpaired) electrons. The van der Waals surface area contributed by atoms with Gasteiger partial charge in [-0.25, -0.2) is 0 Å². The zero-order valence-corrected chi connectivity index (χ0v) is 16.4. The minimum Gasteiger partial charge on any atom is -0.508 e. The fourth-order valence-electron chi connectivity index (χ4n) is 4.55. The molecule has 1 amide bonds. The molecule has 2 aliphatic heterocycles. The molecule has 0 bridgehead atoms. The summed E-state index contributed by atoms with van der Waals surface area (Å²) in [5.74, 6) is 0.618. The Bertz CT molecular complexity index is 783. The van der Waals surface area contributed by atoms with Crippen LogP contribution in [0, 0.1) is 5.41 Å². The highest BCUT2D eigenvalue weighted by Crippen LogP contribution is 2.40. The molecule has 2 saturated heterocycles. The number of carbonyl (C=O) groups is 1. The van der Waals surface area contributed by atoms with Crippen LogP contribution in [0.4, 0.5) is 0 Å². The molecule has 5 nitrogen and oxygen atoms in total. The summed E-state index contributed by atoms with van der Waals surface area (Å²) in [4.78, 5) is 21.4. The third-order valence-electron chi connectivity index (χ3n) is 6.37. The van der Waals surface area contributed by atoms with Gasteiger partial charge in [-0.05, 0) is 67.6 Å². The van der Waals surface area contributed by atoms with E-state index >= 15 is 0 Å². The molecule has 0 saturated carbocycles. The number of benzene rings is 1. The van der Waals surface area contributed by atoms with E-state index in [1.807, 2.05) is 36.5 Å². The second-order valence-electron chi connectivity index (χ2n) is 8.33. The molecular weight excluding hydrogens is 350 g/mol. The lowest BCUT2D eigenvalue weighted by Gasteiger charge is -2.47. The molecule has 1 aromatic carbocycles. The molecule has 1 spiro atoms. The maximum atomic E-state index is 12.4. The van der Waals surface area contributed by atoms with Crippen molar-refractivity contribution < 1.29 is 9.90 Å². The summed E-state index contributed by atoms with van der Waals surface area (Å²) in [6.45, 7) is 4.74. The lowest BCUT2D eigenvalue weighted by Crippen LogP contribution is -2.51. The Hall–Kier alpha value is -2.40. The summed E-state index contributed by atoms with van der Waals surface area (Å²) in [7, 11) is 0. The van der Waals surface area contributed by atoms with Crippen molar-refractivity contribution >= 4 is 5.91 Å². The first-order valence-corrected chi connectivity index (χ1v) is 10.3. The molecule has 0 aliphatic carbocycles. The SMILES string of the molecule is O=C1CCC2(CCN(Cc3ccc(O)cc3)CC2)CN1CCc1ccccn1. The van der Waals surface area contributed by atoms with Crippen LogP contribution in [0.25, 0.3) is 0 Å². The monoisotopic (exact) mass is 379 g/mol. The normalized spacial score (nSPS) is 19.9. The third kappa shape index (κ3) is 4.53. The van der Waals surface area contributed by atoms with E-state index in [0.29, 0.717) is 18.1 Å². The van der Waals surface area contributed by atoms with Gasteiger partial charge in [0.1, 0.15) is 5.75 Å². The fraction of sp³-hybridized carbons (Fsp3) is 0.478. The molecule has 2 aromatic rings. The fourth-order valence-corrected chi connectivity index (χ4v) is 4.55. The van der Waals surface area contributed by atoms with Gasteiger partial charge in [0.15, 0.2) is 0 Å². The van der Waals surface area contributed by atoms with Gasteiger partial charge in [0.25, 0.3) is 0 Å². The number of aromatic hydroxyl groups is 1. The lowest BCUT2D eigenvalue weighted by atomic mass is 9.72. The van der Waals surface area contributed by atoms with E-state index < -0.39 is 0 Å². The van der Waals surface area contributed by atoms with Crippen LogP contribution in [0.1, 0.15) is 36.9 Å². The number of carbonyl (C=O) groups excluding carboxylic acids is 1. The van der Waals surface area contributed by atoms with Crippen molar-refractivity contribution in [3.05, 3.63) is 59.9 Å². The topological polar surface area (TPSA) is 56.7 Å². The highest BCUT2D eigenvalue weighted by atomic mass is 16.3. The van der Waals surface area contributed by atoms with E-state index in [4.69, 9.17) is 0 Å². The maximum absolute atomic E-state index is 12.4. The van der Waals surface area contributed by atoms with Crippen molar-refractivity contribution in [2.45, 2.75) is 38.6 Å². The van der Waals surface area contributed by atoms with E-state index in [2.05, 4.69) is 14.8 Å². The molecule has 2 aliphatic rings. The lowest BCUT2D eigenvalue weighted by molar-refractivity contribution is -0.139. The van der Waals surface area contributed by atoms with Gasteiger partial charge in [-0.15, -0.1) is 0 Å². The van der Waals surface area contributed by atoms with Crippen LogP contribution >= 0.6 is 0 Å². The Kier molecular flexibility index (Phi) is 5.62. The van der Waals surface area contributed by atoms with Gasteiger partial charge in [0.2, 0.25) is 5.91 Å². The van der Waals surface area contributed by atoms with Crippen LogP contribution in [0.15, 0.2) is 48.7 Å². The number of amides is 1. The third-order valence-corrected chi connectivity index (χ3v) is 6.37. The van der Waals surface area contributed by atoms with E-state index in [1.54, 1.807) is 12.1 Å². The Labute approximate surface area is 167 Å².